The number of nitrogens with zero attached hydrogens (tertiary/aromatic N) is 1. The lowest BCUT2D eigenvalue weighted by Gasteiger charge is -2.27. The van der Waals surface area contributed by atoms with Crippen LogP contribution in [-0.2, 0) is 10.0 Å². The Bertz CT molecular complexity index is 1010. The minimum atomic E-state index is -3.76. The number of ether oxygens (including phenoxy) is 1. The molecule has 1 N–H and O–H groups in total. The molecule has 6 nitrogen and oxygen atoms in total. The maximum Gasteiger partial charge on any atom is 0.255 e. The van der Waals surface area contributed by atoms with Gasteiger partial charge in [0.05, 0.1) is 11.1 Å². The van der Waals surface area contributed by atoms with Gasteiger partial charge in [-0.15, -0.1) is 0 Å². The van der Waals surface area contributed by atoms with E-state index in [4.69, 9.17) is 4.74 Å². The maximum atomic E-state index is 13.7. The predicted octanol–water partition coefficient (Wildman–Crippen LogP) is 4.41. The van der Waals surface area contributed by atoms with Crippen LogP contribution in [-0.4, -0.2) is 38.3 Å². The van der Waals surface area contributed by atoms with Crippen LogP contribution in [0.15, 0.2) is 45.8 Å². The number of piperidine rings is 1. The summed E-state index contributed by atoms with van der Waals surface area (Å²) in [6, 6.07) is 8.50. The van der Waals surface area contributed by atoms with Crippen LogP contribution >= 0.6 is 15.9 Å². The van der Waals surface area contributed by atoms with Crippen LogP contribution in [0.4, 0.5) is 10.1 Å². The van der Waals surface area contributed by atoms with Gasteiger partial charge in [0.1, 0.15) is 16.5 Å². The summed E-state index contributed by atoms with van der Waals surface area (Å²) in [7, 11) is -3.76. The van der Waals surface area contributed by atoms with Gasteiger partial charge in [0.2, 0.25) is 10.0 Å². The normalized spacial score (nSPS) is 15.1. The van der Waals surface area contributed by atoms with Crippen molar-refractivity contribution in [1.29, 1.82) is 0 Å². The Labute approximate surface area is 178 Å². The van der Waals surface area contributed by atoms with Crippen molar-refractivity contribution in [2.45, 2.75) is 31.1 Å². The van der Waals surface area contributed by atoms with E-state index in [1.54, 1.807) is 13.0 Å². The fraction of sp³-hybridized carbons (Fsp3) is 0.350. The zero-order chi connectivity index (χ0) is 21.0. The predicted molar refractivity (Wildman–Crippen MR) is 112 cm³/mol. The van der Waals surface area contributed by atoms with E-state index in [9.17, 15) is 17.6 Å². The molecule has 1 fully saturated rings. The van der Waals surface area contributed by atoms with Crippen molar-refractivity contribution in [1.82, 2.24) is 4.31 Å². The number of amides is 1. The average Bonchev–Trinajstić information content (AvgIpc) is 2.72. The molecule has 1 amide bonds. The largest absolute Gasteiger partial charge is 0.492 e. The molecule has 0 aromatic heterocycles. The summed E-state index contributed by atoms with van der Waals surface area (Å²) in [4.78, 5) is 12.5. The second kappa shape index (κ2) is 9.23. The van der Waals surface area contributed by atoms with E-state index in [2.05, 4.69) is 21.2 Å². The first-order chi connectivity index (χ1) is 13.8. The summed E-state index contributed by atoms with van der Waals surface area (Å²) in [5.74, 6) is -0.856. The van der Waals surface area contributed by atoms with Gasteiger partial charge >= 0.3 is 0 Å². The minimum absolute atomic E-state index is 0.0148. The lowest BCUT2D eigenvalue weighted by Crippen LogP contribution is -2.35. The van der Waals surface area contributed by atoms with Gasteiger partial charge in [-0.3, -0.25) is 4.79 Å². The maximum absolute atomic E-state index is 13.7. The van der Waals surface area contributed by atoms with E-state index in [0.717, 1.165) is 25.3 Å². The number of nitrogens with one attached hydrogen (secondary N) is 1. The number of sulfonamides is 1. The molecule has 2 aromatic carbocycles. The Morgan fingerprint density at radius 3 is 2.55 bits per heavy atom. The van der Waals surface area contributed by atoms with Gasteiger partial charge in [-0.1, -0.05) is 6.42 Å². The van der Waals surface area contributed by atoms with E-state index < -0.39 is 21.7 Å². The zero-order valence-electron chi connectivity index (χ0n) is 16.0. The SMILES string of the molecule is CCOc1ccc(NC(=O)c2ccc(Br)c(F)c2)cc1S(=O)(=O)N1CCCCC1. The first-order valence-corrected chi connectivity index (χ1v) is 11.6. The zero-order valence-corrected chi connectivity index (χ0v) is 18.4. The van der Waals surface area contributed by atoms with Gasteiger partial charge in [0.15, 0.2) is 0 Å². The van der Waals surface area contributed by atoms with Crippen LogP contribution in [0, 0.1) is 5.82 Å². The van der Waals surface area contributed by atoms with Crippen molar-refractivity contribution < 1.29 is 22.3 Å². The number of benzene rings is 2. The van der Waals surface area contributed by atoms with Crippen LogP contribution in [0.25, 0.3) is 0 Å². The Balaban J connectivity index is 1.91. The highest BCUT2D eigenvalue weighted by atomic mass is 79.9. The summed E-state index contributed by atoms with van der Waals surface area (Å²) in [6.07, 6.45) is 2.63. The number of rotatable bonds is 6. The summed E-state index contributed by atoms with van der Waals surface area (Å²) >= 11 is 3.05. The second-order valence-corrected chi connectivity index (χ2v) is 9.40. The van der Waals surface area contributed by atoms with Crippen molar-refractivity contribution in [3.05, 3.63) is 52.3 Å². The molecule has 0 atom stereocenters. The van der Waals surface area contributed by atoms with Crippen LogP contribution in [0.5, 0.6) is 5.75 Å². The molecule has 1 saturated heterocycles. The van der Waals surface area contributed by atoms with Crippen molar-refractivity contribution in [2.75, 3.05) is 25.0 Å². The third-order valence-corrected chi connectivity index (χ3v) is 7.18. The fourth-order valence-electron chi connectivity index (χ4n) is 3.15. The Kier molecular flexibility index (Phi) is 6.92. The third-order valence-electron chi connectivity index (χ3n) is 4.62. The number of anilines is 1. The quantitative estimate of drug-likeness (QED) is 0.658. The first-order valence-electron chi connectivity index (χ1n) is 9.36. The Hall–Kier alpha value is -1.97. The molecule has 1 aliphatic heterocycles. The average molecular weight is 485 g/mol. The molecule has 0 aliphatic carbocycles. The van der Waals surface area contributed by atoms with Gasteiger partial charge in [0.25, 0.3) is 5.91 Å². The van der Waals surface area contributed by atoms with Gasteiger partial charge in [0, 0.05) is 24.3 Å². The fourth-order valence-corrected chi connectivity index (χ4v) is 5.07. The molecule has 1 heterocycles. The molecular formula is C20H22BrFN2O4S. The molecular weight excluding hydrogens is 463 g/mol. The molecule has 2 aromatic rings. The third kappa shape index (κ3) is 4.96. The second-order valence-electron chi connectivity index (χ2n) is 6.64. The van der Waals surface area contributed by atoms with Crippen molar-refractivity contribution in [3.63, 3.8) is 0 Å². The Morgan fingerprint density at radius 1 is 1.17 bits per heavy atom. The highest BCUT2D eigenvalue weighted by molar-refractivity contribution is 9.10. The van der Waals surface area contributed by atoms with Crippen LogP contribution in [0.1, 0.15) is 36.5 Å². The number of carbonyl (C=O) groups is 1. The van der Waals surface area contributed by atoms with Gasteiger partial charge < -0.3 is 10.1 Å². The van der Waals surface area contributed by atoms with Crippen LogP contribution in [0.3, 0.4) is 0 Å². The van der Waals surface area contributed by atoms with Gasteiger partial charge in [-0.2, -0.15) is 4.31 Å². The molecule has 29 heavy (non-hydrogen) atoms. The highest BCUT2D eigenvalue weighted by Crippen LogP contribution is 2.31. The molecule has 9 heteroatoms. The van der Waals surface area contributed by atoms with Gasteiger partial charge in [-0.25, -0.2) is 12.8 Å². The smallest absolute Gasteiger partial charge is 0.255 e. The lowest BCUT2D eigenvalue weighted by atomic mass is 10.2. The van der Waals surface area contributed by atoms with E-state index in [0.29, 0.717) is 19.7 Å². The molecule has 1 aliphatic rings. The topological polar surface area (TPSA) is 75.7 Å². The van der Waals surface area contributed by atoms with Crippen LogP contribution < -0.4 is 10.1 Å². The molecule has 0 spiro atoms. The summed E-state index contributed by atoms with van der Waals surface area (Å²) in [5, 5.41) is 2.63. The summed E-state index contributed by atoms with van der Waals surface area (Å²) in [5.41, 5.74) is 0.414. The number of carbonyl (C=O) groups excluding carboxylic acids is 1. The standard InChI is InChI=1S/C20H22BrFN2O4S/c1-2-28-18-9-7-15(23-20(25)14-6-8-16(21)17(22)12-14)13-19(18)29(26,27)24-10-4-3-5-11-24/h6-9,12-13H,2-5,10-11H2,1H3,(H,23,25). The number of hydrogen-bond acceptors (Lipinski definition) is 4. The van der Waals surface area contributed by atoms with Crippen molar-refractivity contribution in [3.8, 4) is 5.75 Å². The Morgan fingerprint density at radius 2 is 1.90 bits per heavy atom. The molecule has 156 valence electrons. The van der Waals surface area contributed by atoms with Crippen molar-refractivity contribution in [2.24, 2.45) is 0 Å². The van der Waals surface area contributed by atoms with E-state index >= 15 is 0 Å². The van der Waals surface area contributed by atoms with Crippen LogP contribution in [0.2, 0.25) is 0 Å². The molecule has 0 saturated carbocycles. The minimum Gasteiger partial charge on any atom is -0.492 e. The number of halogens is 2. The number of hydrogen-bond donors (Lipinski definition) is 1. The first kappa shape index (κ1) is 21.7. The van der Waals surface area contributed by atoms with E-state index in [1.165, 1.54) is 28.6 Å². The molecule has 0 unspecified atom stereocenters. The lowest BCUT2D eigenvalue weighted by molar-refractivity contribution is 0.102. The van der Waals surface area contributed by atoms with E-state index in [1.807, 2.05) is 0 Å². The summed E-state index contributed by atoms with van der Waals surface area (Å²) in [6.45, 7) is 3.01. The monoisotopic (exact) mass is 484 g/mol. The van der Waals surface area contributed by atoms with E-state index in [-0.39, 0.29) is 26.4 Å². The van der Waals surface area contributed by atoms with Crippen molar-refractivity contribution >= 4 is 37.5 Å². The molecule has 0 bridgehead atoms. The molecule has 3 rings (SSSR count). The van der Waals surface area contributed by atoms with Gasteiger partial charge in [-0.05, 0) is 72.1 Å². The molecule has 0 radical (unpaired) electrons. The highest BCUT2D eigenvalue weighted by Gasteiger charge is 2.29. The summed E-state index contributed by atoms with van der Waals surface area (Å²) < 4.78 is 47.2.